The van der Waals surface area contributed by atoms with Crippen molar-refractivity contribution in [3.8, 4) is 17.4 Å². The maximum Gasteiger partial charge on any atom is 0.420 e. The Balaban J connectivity index is 1.51. The van der Waals surface area contributed by atoms with E-state index < -0.39 is 26.7 Å². The minimum atomic E-state index is -4.26. The van der Waals surface area contributed by atoms with Crippen molar-refractivity contribution in [3.05, 3.63) is 95.2 Å². The fourth-order valence-electron chi connectivity index (χ4n) is 2.83. The highest BCUT2D eigenvalue weighted by Crippen LogP contribution is 2.29. The molecule has 34 heavy (non-hydrogen) atoms. The molecule has 0 aliphatic rings. The van der Waals surface area contributed by atoms with Gasteiger partial charge in [0.05, 0.1) is 16.3 Å². The van der Waals surface area contributed by atoms with Gasteiger partial charge >= 0.3 is 10.9 Å². The number of hydrogen-bond acceptors (Lipinski definition) is 9. The topological polar surface area (TPSA) is 158 Å². The van der Waals surface area contributed by atoms with Gasteiger partial charge in [-0.05, 0) is 59.0 Å². The highest BCUT2D eigenvalue weighted by Gasteiger charge is 2.36. The van der Waals surface area contributed by atoms with Crippen molar-refractivity contribution in [1.29, 1.82) is 0 Å². The second-order valence-electron chi connectivity index (χ2n) is 6.78. The number of nitrogens with zero attached hydrogens (tertiary/aromatic N) is 3. The summed E-state index contributed by atoms with van der Waals surface area (Å²) in [4.78, 5) is 11.7. The summed E-state index contributed by atoms with van der Waals surface area (Å²) >= 11 is 0. The van der Waals surface area contributed by atoms with E-state index in [4.69, 9.17) is 4.74 Å². The van der Waals surface area contributed by atoms with Crippen molar-refractivity contribution < 1.29 is 32.6 Å². The molecule has 2 N–H and O–H groups in total. The zero-order valence-electron chi connectivity index (χ0n) is 17.2. The molecule has 172 valence electrons. The summed E-state index contributed by atoms with van der Waals surface area (Å²) in [5, 5.41) is 27.8. The van der Waals surface area contributed by atoms with Crippen molar-refractivity contribution >= 4 is 22.0 Å². The van der Waals surface area contributed by atoms with Crippen molar-refractivity contribution in [3.63, 3.8) is 0 Å². The van der Waals surface area contributed by atoms with Crippen LogP contribution in [0.15, 0.2) is 98.5 Å². The summed E-state index contributed by atoms with van der Waals surface area (Å²) in [5.74, 6) is -0.839. The molecule has 4 rings (SSSR count). The predicted molar refractivity (Wildman–Crippen MR) is 117 cm³/mol. The summed E-state index contributed by atoms with van der Waals surface area (Å²) in [7, 11) is -4.26. The molecule has 0 spiro atoms. The quantitative estimate of drug-likeness (QED) is 0.232. The number of carbonyl (C=O) groups excluding carboxylic acids is 1. The van der Waals surface area contributed by atoms with Gasteiger partial charge in [0, 0.05) is 5.56 Å². The van der Waals surface area contributed by atoms with E-state index in [9.17, 15) is 23.5 Å². The van der Waals surface area contributed by atoms with Crippen molar-refractivity contribution in [2.75, 3.05) is 0 Å². The molecule has 4 aromatic rings. The standard InChI is InChI=1S/C22H16N4O7S/c27-17-11-9-16(10-12-17)20(28)24-23-14-15-5-4-6-18(13-15)32-21-22(26(29)33-25-21)34(30,31)19-7-2-1-3-8-19/h1-14,27H,(H,24,28)/b23-14+. The van der Waals surface area contributed by atoms with Gasteiger partial charge in [0.25, 0.3) is 15.7 Å². The monoisotopic (exact) mass is 480 g/mol. The molecule has 0 unspecified atom stereocenters. The summed E-state index contributed by atoms with van der Waals surface area (Å²) < 4.78 is 35.7. The number of aromatic hydroxyl groups is 1. The Kier molecular flexibility index (Phi) is 6.23. The smallest absolute Gasteiger partial charge is 0.420 e. The van der Waals surface area contributed by atoms with Crippen LogP contribution in [-0.4, -0.2) is 30.8 Å². The van der Waals surface area contributed by atoms with Gasteiger partial charge in [-0.25, -0.2) is 13.8 Å². The number of nitrogens with one attached hydrogen (secondary N) is 1. The van der Waals surface area contributed by atoms with E-state index in [2.05, 4.69) is 20.3 Å². The molecule has 0 aliphatic heterocycles. The minimum absolute atomic E-state index is 0.0335. The van der Waals surface area contributed by atoms with Gasteiger partial charge in [-0.15, -0.1) is 0 Å². The molecule has 0 saturated heterocycles. The molecule has 12 heteroatoms. The SMILES string of the molecule is O=C(N/N=C/c1cccc(Oc2no[n+]([O-])c2S(=O)(=O)c2ccccc2)c1)c1ccc(O)cc1. The number of phenols is 1. The largest absolute Gasteiger partial charge is 0.508 e. The van der Waals surface area contributed by atoms with Crippen LogP contribution in [0.4, 0.5) is 0 Å². The van der Waals surface area contributed by atoms with Gasteiger partial charge in [0.2, 0.25) is 0 Å². The Hall–Kier alpha value is -4.71. The Morgan fingerprint density at radius 2 is 1.82 bits per heavy atom. The molecule has 0 aliphatic carbocycles. The van der Waals surface area contributed by atoms with Crippen LogP contribution < -0.4 is 15.1 Å². The van der Waals surface area contributed by atoms with Crippen molar-refractivity contribution in [1.82, 2.24) is 10.6 Å². The second-order valence-corrected chi connectivity index (χ2v) is 8.64. The van der Waals surface area contributed by atoms with Crippen LogP contribution in [0.25, 0.3) is 0 Å². The first-order valence-corrected chi connectivity index (χ1v) is 11.1. The average molecular weight is 480 g/mol. The number of carbonyl (C=O) groups is 1. The molecule has 0 radical (unpaired) electrons. The third-order valence-electron chi connectivity index (χ3n) is 4.44. The second kappa shape index (κ2) is 9.42. The van der Waals surface area contributed by atoms with Crippen LogP contribution in [0.1, 0.15) is 15.9 Å². The molecule has 0 fully saturated rings. The van der Waals surface area contributed by atoms with Gasteiger partial charge in [-0.3, -0.25) is 9.42 Å². The highest BCUT2D eigenvalue weighted by atomic mass is 32.2. The molecule has 1 amide bonds. The van der Waals surface area contributed by atoms with Crippen molar-refractivity contribution in [2.24, 2.45) is 5.10 Å². The summed E-state index contributed by atoms with van der Waals surface area (Å²) in [6.07, 6.45) is 1.34. The Morgan fingerprint density at radius 1 is 1.09 bits per heavy atom. The van der Waals surface area contributed by atoms with Gasteiger partial charge < -0.3 is 15.1 Å². The third-order valence-corrected chi connectivity index (χ3v) is 6.16. The molecule has 1 aromatic heterocycles. The number of amides is 1. The number of benzene rings is 3. The van der Waals surface area contributed by atoms with E-state index in [1.54, 1.807) is 18.2 Å². The van der Waals surface area contributed by atoms with Gasteiger partial charge in [-0.2, -0.15) is 5.10 Å². The summed E-state index contributed by atoms with van der Waals surface area (Å²) in [6, 6.07) is 19.2. The third kappa shape index (κ3) is 4.86. The van der Waals surface area contributed by atoms with E-state index in [1.165, 1.54) is 66.9 Å². The lowest BCUT2D eigenvalue weighted by molar-refractivity contribution is -0.832. The first-order chi connectivity index (χ1) is 16.3. The summed E-state index contributed by atoms with van der Waals surface area (Å²) in [5.41, 5.74) is 3.14. The molecular formula is C22H16N4O7S. The lowest BCUT2D eigenvalue weighted by atomic mass is 10.2. The van der Waals surface area contributed by atoms with Gasteiger partial charge in [-0.1, -0.05) is 30.3 Å². The number of aromatic nitrogens is 2. The summed E-state index contributed by atoms with van der Waals surface area (Å²) in [6.45, 7) is 0. The molecule has 1 heterocycles. The normalized spacial score (nSPS) is 11.4. The van der Waals surface area contributed by atoms with Crippen LogP contribution in [0.2, 0.25) is 0 Å². The van der Waals surface area contributed by atoms with Crippen LogP contribution in [0, 0.1) is 5.21 Å². The van der Waals surface area contributed by atoms with E-state index in [0.717, 1.165) is 0 Å². The zero-order valence-corrected chi connectivity index (χ0v) is 18.0. The fraction of sp³-hybridized carbons (Fsp3) is 0. The van der Waals surface area contributed by atoms with Crippen LogP contribution in [0.5, 0.6) is 17.4 Å². The molecule has 0 bridgehead atoms. The molecule has 0 saturated carbocycles. The van der Waals surface area contributed by atoms with E-state index in [-0.39, 0.29) is 21.3 Å². The first-order valence-electron chi connectivity index (χ1n) is 9.65. The van der Waals surface area contributed by atoms with E-state index >= 15 is 0 Å². The maximum atomic E-state index is 12.9. The number of hydrogen-bond donors (Lipinski definition) is 2. The molecule has 3 aromatic carbocycles. The van der Waals surface area contributed by atoms with Crippen LogP contribution >= 0.6 is 0 Å². The lowest BCUT2D eigenvalue weighted by Crippen LogP contribution is -2.30. The van der Waals surface area contributed by atoms with Gasteiger partial charge in [0.15, 0.2) is 0 Å². The van der Waals surface area contributed by atoms with E-state index in [0.29, 0.717) is 11.1 Å². The predicted octanol–water partition coefficient (Wildman–Crippen LogP) is 2.40. The fourth-order valence-corrected chi connectivity index (χ4v) is 4.10. The number of phenolic OH excluding ortho intramolecular Hbond substituents is 1. The van der Waals surface area contributed by atoms with Crippen molar-refractivity contribution in [2.45, 2.75) is 9.92 Å². The molecule has 0 atom stereocenters. The minimum Gasteiger partial charge on any atom is -0.508 e. The molecular weight excluding hydrogens is 464 g/mol. The lowest BCUT2D eigenvalue weighted by Gasteiger charge is -2.04. The van der Waals surface area contributed by atoms with Gasteiger partial charge in [0.1, 0.15) is 11.5 Å². The Labute approximate surface area is 193 Å². The zero-order chi connectivity index (χ0) is 24.1. The molecule has 11 nitrogen and oxygen atoms in total. The van der Waals surface area contributed by atoms with E-state index in [1.807, 2.05) is 0 Å². The number of rotatable bonds is 7. The number of hydrazone groups is 1. The van der Waals surface area contributed by atoms with Crippen LogP contribution in [-0.2, 0) is 9.84 Å². The average Bonchev–Trinajstić information content (AvgIpc) is 3.21. The number of sulfone groups is 1. The first kappa shape index (κ1) is 22.5. The number of ether oxygens (including phenoxy) is 1. The highest BCUT2D eigenvalue weighted by molar-refractivity contribution is 7.91. The Bertz CT molecular complexity index is 1450. The van der Waals surface area contributed by atoms with Crippen LogP contribution in [0.3, 0.4) is 0 Å². The maximum absolute atomic E-state index is 12.9. The Morgan fingerprint density at radius 3 is 2.56 bits per heavy atom.